The average Bonchev–Trinajstić information content (AvgIpc) is 1.85. The number of rotatable bonds is 1. The van der Waals surface area contributed by atoms with Crippen LogP contribution in [0.25, 0.3) is 0 Å². The second-order valence-corrected chi connectivity index (χ2v) is 2.18. The Morgan fingerprint density at radius 2 is 2.27 bits per heavy atom. The first-order chi connectivity index (χ1) is 5.09. The van der Waals surface area contributed by atoms with Crippen molar-refractivity contribution in [2.24, 2.45) is 0 Å². The van der Waals surface area contributed by atoms with Crippen molar-refractivity contribution in [3.63, 3.8) is 0 Å². The van der Waals surface area contributed by atoms with Crippen LogP contribution in [-0.4, -0.2) is 9.91 Å². The van der Waals surface area contributed by atoms with Gasteiger partial charge in [0.1, 0.15) is 0 Å². The standard InChI is InChI=1S/C6H7N3O2/c1-4-2-5(7)8-6(3-4)9(10)11/h2-3H,1H3,(H2,7,8). The summed E-state index contributed by atoms with van der Waals surface area (Å²) in [4.78, 5) is 13.1. The molecule has 0 aliphatic carbocycles. The van der Waals surface area contributed by atoms with Crippen molar-refractivity contribution >= 4 is 11.6 Å². The van der Waals surface area contributed by atoms with Crippen molar-refractivity contribution in [3.05, 3.63) is 27.8 Å². The van der Waals surface area contributed by atoms with Gasteiger partial charge in [-0.25, -0.2) is 0 Å². The third-order valence-electron chi connectivity index (χ3n) is 1.16. The van der Waals surface area contributed by atoms with Gasteiger partial charge in [-0.2, -0.15) is 0 Å². The predicted octanol–water partition coefficient (Wildman–Crippen LogP) is 0.880. The summed E-state index contributed by atoms with van der Waals surface area (Å²) >= 11 is 0. The summed E-state index contributed by atoms with van der Waals surface area (Å²) in [5.41, 5.74) is 6.02. The molecule has 5 nitrogen and oxygen atoms in total. The van der Waals surface area contributed by atoms with Crippen LogP contribution in [0.2, 0.25) is 0 Å². The Morgan fingerprint density at radius 1 is 1.64 bits per heavy atom. The highest BCUT2D eigenvalue weighted by molar-refractivity contribution is 5.39. The molecule has 0 saturated heterocycles. The largest absolute Gasteiger partial charge is 0.366 e. The van der Waals surface area contributed by atoms with Gasteiger partial charge in [-0.15, -0.1) is 0 Å². The summed E-state index contributed by atoms with van der Waals surface area (Å²) in [5, 5.41) is 10.2. The van der Waals surface area contributed by atoms with Gasteiger partial charge in [0.2, 0.25) is 5.82 Å². The minimum atomic E-state index is -0.566. The molecule has 0 aliphatic heterocycles. The van der Waals surface area contributed by atoms with Crippen molar-refractivity contribution < 1.29 is 4.92 Å². The van der Waals surface area contributed by atoms with E-state index >= 15 is 0 Å². The number of aromatic nitrogens is 1. The van der Waals surface area contributed by atoms with E-state index in [-0.39, 0.29) is 11.6 Å². The van der Waals surface area contributed by atoms with Gasteiger partial charge >= 0.3 is 5.82 Å². The number of aryl methyl sites for hydroxylation is 1. The molecule has 1 heterocycles. The van der Waals surface area contributed by atoms with E-state index in [9.17, 15) is 10.1 Å². The lowest BCUT2D eigenvalue weighted by molar-refractivity contribution is -0.389. The van der Waals surface area contributed by atoms with Gasteiger partial charge in [0.05, 0.1) is 0 Å². The van der Waals surface area contributed by atoms with Crippen molar-refractivity contribution in [3.8, 4) is 0 Å². The molecule has 0 amide bonds. The zero-order valence-electron chi connectivity index (χ0n) is 5.94. The van der Waals surface area contributed by atoms with E-state index in [2.05, 4.69) is 4.98 Å². The van der Waals surface area contributed by atoms with E-state index in [1.54, 1.807) is 13.0 Å². The SMILES string of the molecule is Cc1cc(N)nc([N+](=O)[O-])c1. The number of nitrogen functional groups attached to an aromatic ring is 1. The van der Waals surface area contributed by atoms with Gasteiger partial charge in [-0.05, 0) is 22.4 Å². The number of nitrogens with two attached hydrogens (primary N) is 1. The van der Waals surface area contributed by atoms with Crippen LogP contribution in [0.1, 0.15) is 5.56 Å². The fourth-order valence-corrected chi connectivity index (χ4v) is 0.769. The highest BCUT2D eigenvalue weighted by Crippen LogP contribution is 2.12. The fraction of sp³-hybridized carbons (Fsp3) is 0.167. The molecule has 58 valence electrons. The molecule has 0 saturated carbocycles. The van der Waals surface area contributed by atoms with Gasteiger partial charge < -0.3 is 15.8 Å². The van der Waals surface area contributed by atoms with Crippen molar-refractivity contribution in [1.82, 2.24) is 4.98 Å². The molecular formula is C6H7N3O2. The minimum Gasteiger partial charge on any atom is -0.363 e. The van der Waals surface area contributed by atoms with Crippen LogP contribution in [0.3, 0.4) is 0 Å². The van der Waals surface area contributed by atoms with E-state index in [4.69, 9.17) is 5.73 Å². The topological polar surface area (TPSA) is 82.0 Å². The molecule has 0 spiro atoms. The van der Waals surface area contributed by atoms with Crippen LogP contribution < -0.4 is 5.73 Å². The molecule has 1 aromatic rings. The van der Waals surface area contributed by atoms with Crippen LogP contribution in [0.4, 0.5) is 11.6 Å². The number of nitrogens with zero attached hydrogens (tertiary/aromatic N) is 2. The summed E-state index contributed by atoms with van der Waals surface area (Å²) in [7, 11) is 0. The zero-order chi connectivity index (χ0) is 8.43. The van der Waals surface area contributed by atoms with E-state index in [1.807, 2.05) is 0 Å². The Hall–Kier alpha value is -1.65. The molecule has 1 rings (SSSR count). The maximum absolute atomic E-state index is 10.2. The lowest BCUT2D eigenvalue weighted by Gasteiger charge is -1.93. The van der Waals surface area contributed by atoms with Crippen molar-refractivity contribution in [1.29, 1.82) is 0 Å². The number of nitro groups is 1. The normalized spacial score (nSPS) is 9.55. The summed E-state index contributed by atoms with van der Waals surface area (Å²) in [6, 6.07) is 2.95. The first-order valence-corrected chi connectivity index (χ1v) is 2.98. The first kappa shape index (κ1) is 7.46. The third kappa shape index (κ3) is 1.64. The minimum absolute atomic E-state index is 0.178. The van der Waals surface area contributed by atoms with E-state index in [1.165, 1.54) is 6.07 Å². The second kappa shape index (κ2) is 2.53. The van der Waals surface area contributed by atoms with Crippen LogP contribution in [0.5, 0.6) is 0 Å². The molecule has 0 atom stereocenters. The van der Waals surface area contributed by atoms with Gasteiger partial charge in [-0.3, -0.25) is 0 Å². The molecule has 0 unspecified atom stereocenters. The lowest BCUT2D eigenvalue weighted by atomic mass is 10.3. The average molecular weight is 153 g/mol. The summed E-state index contributed by atoms with van der Waals surface area (Å²) in [6.07, 6.45) is 0. The summed E-state index contributed by atoms with van der Waals surface area (Å²) in [5.74, 6) is -0.0285. The first-order valence-electron chi connectivity index (χ1n) is 2.98. The maximum Gasteiger partial charge on any atom is 0.366 e. The molecule has 0 fully saturated rings. The van der Waals surface area contributed by atoms with Gasteiger partial charge in [0.25, 0.3) is 0 Å². The molecule has 1 aromatic heterocycles. The number of anilines is 1. The summed E-state index contributed by atoms with van der Waals surface area (Å²) < 4.78 is 0. The number of hydrogen-bond donors (Lipinski definition) is 1. The molecular weight excluding hydrogens is 146 g/mol. The van der Waals surface area contributed by atoms with Crippen molar-refractivity contribution in [2.75, 3.05) is 5.73 Å². The molecule has 5 heteroatoms. The van der Waals surface area contributed by atoms with Crippen LogP contribution in [0.15, 0.2) is 12.1 Å². The lowest BCUT2D eigenvalue weighted by Crippen LogP contribution is -1.97. The number of hydrogen-bond acceptors (Lipinski definition) is 4. The molecule has 11 heavy (non-hydrogen) atoms. The molecule has 2 N–H and O–H groups in total. The van der Waals surface area contributed by atoms with Crippen LogP contribution >= 0.6 is 0 Å². The monoisotopic (exact) mass is 153 g/mol. The molecule has 0 aliphatic rings. The Kier molecular flexibility index (Phi) is 1.72. The maximum atomic E-state index is 10.2. The van der Waals surface area contributed by atoms with Gasteiger partial charge in [0, 0.05) is 12.1 Å². The van der Waals surface area contributed by atoms with Gasteiger partial charge in [0.15, 0.2) is 0 Å². The van der Waals surface area contributed by atoms with Gasteiger partial charge in [-0.1, -0.05) is 0 Å². The fourth-order valence-electron chi connectivity index (χ4n) is 0.769. The van der Waals surface area contributed by atoms with E-state index < -0.39 is 4.92 Å². The Balaban J connectivity index is 3.19. The smallest absolute Gasteiger partial charge is 0.363 e. The molecule has 0 bridgehead atoms. The Labute approximate surface area is 63.0 Å². The Morgan fingerprint density at radius 3 is 2.73 bits per heavy atom. The van der Waals surface area contributed by atoms with E-state index in [0.717, 1.165) is 5.56 Å². The second-order valence-electron chi connectivity index (χ2n) is 2.18. The highest BCUT2D eigenvalue weighted by atomic mass is 16.6. The van der Waals surface area contributed by atoms with E-state index in [0.29, 0.717) is 0 Å². The number of pyridine rings is 1. The van der Waals surface area contributed by atoms with Crippen molar-refractivity contribution in [2.45, 2.75) is 6.92 Å². The third-order valence-corrected chi connectivity index (χ3v) is 1.16. The quantitative estimate of drug-likeness (QED) is 0.479. The zero-order valence-corrected chi connectivity index (χ0v) is 5.94. The Bertz CT molecular complexity index is 278. The van der Waals surface area contributed by atoms with Crippen LogP contribution in [0, 0.1) is 17.0 Å². The molecule has 0 aromatic carbocycles. The van der Waals surface area contributed by atoms with Crippen LogP contribution in [-0.2, 0) is 0 Å². The summed E-state index contributed by atoms with van der Waals surface area (Å²) in [6.45, 7) is 1.73. The highest BCUT2D eigenvalue weighted by Gasteiger charge is 2.08. The molecule has 0 radical (unpaired) electrons. The predicted molar refractivity (Wildman–Crippen MR) is 40.0 cm³/mol.